The van der Waals surface area contributed by atoms with Crippen molar-refractivity contribution in [2.24, 2.45) is 11.3 Å². The lowest BCUT2D eigenvalue weighted by atomic mass is 9.74. The van der Waals surface area contributed by atoms with Crippen molar-refractivity contribution in [3.8, 4) is 0 Å². The van der Waals surface area contributed by atoms with Crippen molar-refractivity contribution in [1.82, 2.24) is 0 Å². The molecule has 0 amide bonds. The summed E-state index contributed by atoms with van der Waals surface area (Å²) in [5, 5.41) is 0. The summed E-state index contributed by atoms with van der Waals surface area (Å²) in [4.78, 5) is 0. The minimum absolute atomic E-state index is 0.373. The molecule has 2 atom stereocenters. The fourth-order valence-electron chi connectivity index (χ4n) is 2.89. The molecule has 1 aliphatic heterocycles. The van der Waals surface area contributed by atoms with E-state index in [1.807, 2.05) is 0 Å². The van der Waals surface area contributed by atoms with Gasteiger partial charge in [0, 0.05) is 0 Å². The first-order chi connectivity index (χ1) is 7.50. The van der Waals surface area contributed by atoms with Gasteiger partial charge in [-0.3, -0.25) is 0 Å². The van der Waals surface area contributed by atoms with Crippen molar-refractivity contribution in [1.29, 1.82) is 0 Å². The van der Waals surface area contributed by atoms with E-state index in [0.717, 1.165) is 18.9 Å². The van der Waals surface area contributed by atoms with Crippen LogP contribution in [0.5, 0.6) is 0 Å². The minimum atomic E-state index is 0.373. The van der Waals surface area contributed by atoms with Gasteiger partial charge in [-0.25, -0.2) is 0 Å². The molecule has 0 N–H and O–H groups in total. The van der Waals surface area contributed by atoms with Crippen molar-refractivity contribution in [3.05, 3.63) is 23.3 Å². The number of hydrogen-bond acceptors (Lipinski definition) is 1. The van der Waals surface area contributed by atoms with E-state index in [2.05, 4.69) is 39.8 Å². The Morgan fingerprint density at radius 1 is 1.31 bits per heavy atom. The second kappa shape index (κ2) is 4.37. The lowest BCUT2D eigenvalue weighted by Crippen LogP contribution is -2.28. The molecule has 2 rings (SSSR count). The van der Waals surface area contributed by atoms with Gasteiger partial charge >= 0.3 is 0 Å². The molecular weight excluding hydrogens is 196 g/mol. The lowest BCUT2D eigenvalue weighted by Gasteiger charge is -2.33. The molecule has 2 aliphatic rings. The van der Waals surface area contributed by atoms with E-state index in [9.17, 15) is 0 Å². The predicted molar refractivity (Wildman–Crippen MR) is 68.4 cm³/mol. The zero-order valence-electron chi connectivity index (χ0n) is 11.0. The molecule has 2 unspecified atom stereocenters. The van der Waals surface area contributed by atoms with E-state index in [1.165, 1.54) is 18.4 Å². The van der Waals surface area contributed by atoms with Crippen molar-refractivity contribution >= 4 is 0 Å². The van der Waals surface area contributed by atoms with Gasteiger partial charge in [0.25, 0.3) is 0 Å². The van der Waals surface area contributed by atoms with Crippen LogP contribution in [0, 0.1) is 11.3 Å². The molecule has 0 saturated heterocycles. The smallest absolute Gasteiger partial charge is 0.0653 e. The Kier molecular flexibility index (Phi) is 3.25. The molecule has 0 radical (unpaired) electrons. The first-order valence-electron chi connectivity index (χ1n) is 6.44. The third-order valence-electron chi connectivity index (χ3n) is 4.61. The Hall–Kier alpha value is -0.560. The van der Waals surface area contributed by atoms with Crippen LogP contribution in [-0.4, -0.2) is 12.7 Å². The number of allylic oxidation sites excluding steroid dienone is 2. The molecule has 1 nitrogen and oxygen atoms in total. The van der Waals surface area contributed by atoms with Gasteiger partial charge in [0.2, 0.25) is 0 Å². The highest BCUT2D eigenvalue weighted by Crippen LogP contribution is 2.45. The molecule has 0 aromatic heterocycles. The van der Waals surface area contributed by atoms with Crippen LogP contribution in [-0.2, 0) is 4.74 Å². The Morgan fingerprint density at radius 3 is 2.62 bits per heavy atom. The van der Waals surface area contributed by atoms with Gasteiger partial charge in [-0.15, -0.1) is 0 Å². The SMILES string of the molecule is CC1=CCOC(CC2CC=C(C)C2(C)C)C1. The molecule has 1 aliphatic carbocycles. The predicted octanol–water partition coefficient (Wildman–Crippen LogP) is 4.10. The zero-order chi connectivity index (χ0) is 11.8. The van der Waals surface area contributed by atoms with E-state index >= 15 is 0 Å². The Labute approximate surface area is 99.6 Å². The third-order valence-corrected chi connectivity index (χ3v) is 4.61. The largest absolute Gasteiger partial charge is 0.374 e. The normalized spacial score (nSPS) is 33.5. The molecule has 16 heavy (non-hydrogen) atoms. The molecule has 0 bridgehead atoms. The summed E-state index contributed by atoms with van der Waals surface area (Å²) in [7, 11) is 0. The molecule has 0 fully saturated rings. The molecule has 1 heteroatoms. The van der Waals surface area contributed by atoms with Gasteiger partial charge in [-0.1, -0.05) is 37.1 Å². The summed E-state index contributed by atoms with van der Waals surface area (Å²) in [6, 6.07) is 0. The molecular formula is C15H24O. The highest BCUT2D eigenvalue weighted by Gasteiger charge is 2.36. The monoisotopic (exact) mass is 220 g/mol. The molecule has 90 valence electrons. The standard InChI is InChI=1S/C15H24O/c1-11-7-8-16-14(9-11)10-13-6-5-12(2)15(13,3)4/h5,7,13-14H,6,8-10H2,1-4H3. The highest BCUT2D eigenvalue weighted by molar-refractivity contribution is 5.18. The summed E-state index contributed by atoms with van der Waals surface area (Å²) in [5.41, 5.74) is 3.43. The highest BCUT2D eigenvalue weighted by atomic mass is 16.5. The fraction of sp³-hybridized carbons (Fsp3) is 0.733. The van der Waals surface area contributed by atoms with Crippen LogP contribution in [0.2, 0.25) is 0 Å². The van der Waals surface area contributed by atoms with E-state index in [-0.39, 0.29) is 0 Å². The van der Waals surface area contributed by atoms with Gasteiger partial charge < -0.3 is 4.74 Å². The molecule has 0 aromatic carbocycles. The maximum atomic E-state index is 5.84. The number of hydrogen-bond donors (Lipinski definition) is 0. The van der Waals surface area contributed by atoms with E-state index in [1.54, 1.807) is 5.57 Å². The molecule has 0 saturated carbocycles. The van der Waals surface area contributed by atoms with Crippen molar-refractivity contribution in [3.63, 3.8) is 0 Å². The van der Waals surface area contributed by atoms with E-state index in [0.29, 0.717) is 11.5 Å². The summed E-state index contributed by atoms with van der Waals surface area (Å²) in [6.45, 7) is 10.1. The minimum Gasteiger partial charge on any atom is -0.374 e. The van der Waals surface area contributed by atoms with Gasteiger partial charge in [-0.2, -0.15) is 0 Å². The second-order valence-electron chi connectivity index (χ2n) is 5.99. The Morgan fingerprint density at radius 2 is 2.06 bits per heavy atom. The number of ether oxygens (including phenoxy) is 1. The summed E-state index contributed by atoms with van der Waals surface area (Å²) in [6.07, 6.45) is 8.66. The number of rotatable bonds is 2. The Balaban J connectivity index is 1.94. The Bertz CT molecular complexity index is 322. The van der Waals surface area contributed by atoms with Crippen LogP contribution in [0.15, 0.2) is 23.3 Å². The summed E-state index contributed by atoms with van der Waals surface area (Å²) in [5.74, 6) is 0.767. The van der Waals surface area contributed by atoms with Crippen LogP contribution in [0.25, 0.3) is 0 Å². The van der Waals surface area contributed by atoms with Crippen LogP contribution in [0.1, 0.15) is 47.0 Å². The maximum absolute atomic E-state index is 5.84. The topological polar surface area (TPSA) is 9.23 Å². The van der Waals surface area contributed by atoms with Crippen molar-refractivity contribution < 1.29 is 4.74 Å². The van der Waals surface area contributed by atoms with Crippen LogP contribution < -0.4 is 0 Å². The van der Waals surface area contributed by atoms with E-state index < -0.39 is 0 Å². The van der Waals surface area contributed by atoms with Crippen LogP contribution in [0.4, 0.5) is 0 Å². The molecule has 0 spiro atoms. The average molecular weight is 220 g/mol. The fourth-order valence-corrected chi connectivity index (χ4v) is 2.89. The zero-order valence-corrected chi connectivity index (χ0v) is 11.0. The molecule has 1 heterocycles. The van der Waals surface area contributed by atoms with Gasteiger partial charge in [0.05, 0.1) is 12.7 Å². The quantitative estimate of drug-likeness (QED) is 0.636. The van der Waals surface area contributed by atoms with Crippen molar-refractivity contribution in [2.75, 3.05) is 6.61 Å². The van der Waals surface area contributed by atoms with Gasteiger partial charge in [-0.05, 0) is 44.4 Å². The average Bonchev–Trinajstić information content (AvgIpc) is 2.45. The third kappa shape index (κ3) is 2.24. The second-order valence-corrected chi connectivity index (χ2v) is 5.99. The van der Waals surface area contributed by atoms with Crippen molar-refractivity contribution in [2.45, 2.75) is 53.1 Å². The first kappa shape index (κ1) is 11.9. The first-order valence-corrected chi connectivity index (χ1v) is 6.44. The lowest BCUT2D eigenvalue weighted by molar-refractivity contribution is 0.0347. The maximum Gasteiger partial charge on any atom is 0.0653 e. The summed E-state index contributed by atoms with van der Waals surface area (Å²) >= 11 is 0. The van der Waals surface area contributed by atoms with Crippen LogP contribution in [0.3, 0.4) is 0 Å². The van der Waals surface area contributed by atoms with E-state index in [4.69, 9.17) is 4.74 Å². The summed E-state index contributed by atoms with van der Waals surface area (Å²) < 4.78 is 5.84. The molecule has 0 aromatic rings. The van der Waals surface area contributed by atoms with Gasteiger partial charge in [0.15, 0.2) is 0 Å². The van der Waals surface area contributed by atoms with Crippen LogP contribution >= 0.6 is 0 Å². The van der Waals surface area contributed by atoms with Gasteiger partial charge in [0.1, 0.15) is 0 Å².